The molecular weight excluding hydrogens is 660 g/mol. The van der Waals surface area contributed by atoms with E-state index < -0.39 is 83.3 Å². The summed E-state index contributed by atoms with van der Waals surface area (Å²) in [6.45, 7) is 11.0. The van der Waals surface area contributed by atoms with Gasteiger partial charge in [-0.05, 0) is 64.5 Å². The van der Waals surface area contributed by atoms with Crippen LogP contribution in [0, 0.1) is 0 Å². The van der Waals surface area contributed by atoms with Crippen LogP contribution in [0.5, 0.6) is 0 Å². The number of halogens is 6. The van der Waals surface area contributed by atoms with E-state index in [9.17, 15) is 40.7 Å². The predicted octanol–water partition coefficient (Wildman–Crippen LogP) is 7.24. The Morgan fingerprint density at radius 1 is 1.02 bits per heavy atom. The molecule has 1 unspecified atom stereocenters. The molecule has 3 rings (SSSR count). The number of aromatic nitrogens is 1. The predicted molar refractivity (Wildman–Crippen MR) is 169 cm³/mol. The summed E-state index contributed by atoms with van der Waals surface area (Å²) >= 11 is 0. The van der Waals surface area contributed by atoms with Crippen LogP contribution in [0.3, 0.4) is 0 Å². The summed E-state index contributed by atoms with van der Waals surface area (Å²) in [5, 5.41) is 2.08. The number of nitrogens with one attached hydrogen (secondary N) is 3. The van der Waals surface area contributed by atoms with Crippen LogP contribution in [0.1, 0.15) is 74.5 Å². The van der Waals surface area contributed by atoms with Gasteiger partial charge in [-0.25, -0.2) is 9.78 Å². The van der Waals surface area contributed by atoms with E-state index in [4.69, 9.17) is 9.47 Å². The maximum atomic E-state index is 14.6. The van der Waals surface area contributed by atoms with E-state index in [0.717, 1.165) is 6.08 Å². The molecule has 3 amide bonds. The first-order chi connectivity index (χ1) is 22.8. The topological polar surface area (TPSA) is 122 Å². The molecule has 0 aliphatic carbocycles. The Bertz CT molecular complexity index is 1510. The van der Waals surface area contributed by atoms with Crippen molar-refractivity contribution in [2.75, 3.05) is 16.8 Å². The molecule has 1 aromatic carbocycles. The number of carbonyl (C=O) groups excluding carboxylic acids is 3. The molecule has 2 aromatic rings. The minimum atomic E-state index is -5.29. The first kappa shape index (κ1) is 38.8. The maximum absolute atomic E-state index is 14.6. The Morgan fingerprint density at radius 3 is 2.27 bits per heavy atom. The van der Waals surface area contributed by atoms with Crippen molar-refractivity contribution < 1.29 is 50.2 Å². The van der Waals surface area contributed by atoms with Gasteiger partial charge in [0.15, 0.2) is 5.69 Å². The third-order valence-corrected chi connectivity index (χ3v) is 7.39. The van der Waals surface area contributed by atoms with Crippen LogP contribution in [0.2, 0.25) is 0 Å². The van der Waals surface area contributed by atoms with Crippen molar-refractivity contribution in [3.63, 3.8) is 0 Å². The number of carbonyl (C=O) groups is 3. The number of alkyl halides is 6. The normalized spacial score (nSPS) is 16.3. The standard InChI is InChI=1S/C33H39F6N5O5/c1-6-8-17-31(33(37,38)39,48-20-21-14-10-9-11-15-21)28(46)43-42-27(45)25-24(40-29(47)49-30(3,4)5)19-23(32(34,35)36)26(41-25)44-18-12-16-22(44)13-7-2/h6-7,9-11,14-15,19,22H,1-2,8,12-13,16-18,20H2,3-5H3,(H,40,47)(H,42,45)(H,43,46)/t22-,31?/m1/s1. The fourth-order valence-electron chi connectivity index (χ4n) is 5.13. The Labute approximate surface area is 279 Å². The van der Waals surface area contributed by atoms with Gasteiger partial charge < -0.3 is 14.4 Å². The fraction of sp³-hybridized carbons (Fsp3) is 0.455. The lowest BCUT2D eigenvalue weighted by molar-refractivity contribution is -0.273. The van der Waals surface area contributed by atoms with E-state index in [-0.39, 0.29) is 13.0 Å². The molecule has 1 aliphatic rings. The molecule has 0 radical (unpaired) electrons. The first-order valence-corrected chi connectivity index (χ1v) is 15.3. The summed E-state index contributed by atoms with van der Waals surface area (Å²) in [6, 6.07) is 7.77. The smallest absolute Gasteiger partial charge is 0.426 e. The average Bonchev–Trinajstić information content (AvgIpc) is 3.46. The molecule has 1 aromatic heterocycles. The van der Waals surface area contributed by atoms with Crippen LogP contribution in [0.15, 0.2) is 61.7 Å². The number of hydrogen-bond donors (Lipinski definition) is 3. The Kier molecular flexibility index (Phi) is 12.5. The molecule has 1 aliphatic heterocycles. The summed E-state index contributed by atoms with van der Waals surface area (Å²) < 4.78 is 97.4. The monoisotopic (exact) mass is 699 g/mol. The summed E-state index contributed by atoms with van der Waals surface area (Å²) in [4.78, 5) is 44.8. The van der Waals surface area contributed by atoms with Crippen molar-refractivity contribution in [3.8, 4) is 0 Å². The van der Waals surface area contributed by atoms with Gasteiger partial charge in [-0.15, -0.1) is 13.2 Å². The van der Waals surface area contributed by atoms with E-state index in [2.05, 4.69) is 23.5 Å². The lowest BCUT2D eigenvalue weighted by atomic mass is 9.95. The second-order valence-corrected chi connectivity index (χ2v) is 12.2. The van der Waals surface area contributed by atoms with Gasteiger partial charge in [0.2, 0.25) is 5.60 Å². The number of benzene rings is 1. The van der Waals surface area contributed by atoms with Crippen LogP contribution in [0.4, 0.5) is 42.6 Å². The molecule has 268 valence electrons. The number of nitrogens with zero attached hydrogens (tertiary/aromatic N) is 2. The van der Waals surface area contributed by atoms with Gasteiger partial charge in [0.05, 0.1) is 12.3 Å². The molecule has 0 bridgehead atoms. The highest BCUT2D eigenvalue weighted by Gasteiger charge is 2.61. The molecule has 3 N–H and O–H groups in total. The second-order valence-electron chi connectivity index (χ2n) is 12.2. The van der Waals surface area contributed by atoms with E-state index in [1.807, 2.05) is 5.43 Å². The molecule has 2 heterocycles. The Morgan fingerprint density at radius 2 is 1.69 bits per heavy atom. The highest BCUT2D eigenvalue weighted by Crippen LogP contribution is 2.41. The number of anilines is 2. The van der Waals surface area contributed by atoms with Crippen molar-refractivity contribution in [3.05, 3.63) is 78.5 Å². The minimum Gasteiger partial charge on any atom is -0.444 e. The van der Waals surface area contributed by atoms with Gasteiger partial charge in [-0.3, -0.25) is 25.8 Å². The van der Waals surface area contributed by atoms with E-state index in [1.54, 1.807) is 23.6 Å². The van der Waals surface area contributed by atoms with Gasteiger partial charge >= 0.3 is 18.4 Å². The molecule has 0 saturated carbocycles. The van der Waals surface area contributed by atoms with Crippen molar-refractivity contribution in [1.29, 1.82) is 0 Å². The molecule has 2 atom stereocenters. The fourth-order valence-corrected chi connectivity index (χ4v) is 5.13. The van der Waals surface area contributed by atoms with Gasteiger partial charge in [-0.2, -0.15) is 26.3 Å². The molecule has 0 spiro atoms. The number of hydrazine groups is 1. The number of allylic oxidation sites excluding steroid dienone is 1. The minimum absolute atomic E-state index is 0.140. The van der Waals surface area contributed by atoms with Gasteiger partial charge in [-0.1, -0.05) is 42.5 Å². The molecular formula is C33H39F6N5O5. The van der Waals surface area contributed by atoms with E-state index >= 15 is 0 Å². The summed E-state index contributed by atoms with van der Waals surface area (Å²) in [6.07, 6.45) is -8.81. The SMILES string of the molecule is C=CCCC(OCc1ccccc1)(C(=O)NNC(=O)c1nc(N2CCC[C@H]2CC=C)c(C(F)(F)F)cc1NC(=O)OC(C)(C)C)C(F)(F)F. The van der Waals surface area contributed by atoms with Gasteiger partial charge in [0, 0.05) is 12.6 Å². The first-order valence-electron chi connectivity index (χ1n) is 15.3. The van der Waals surface area contributed by atoms with Crippen molar-refractivity contribution in [2.45, 2.75) is 89.1 Å². The zero-order valence-electron chi connectivity index (χ0n) is 27.3. The Hall–Kier alpha value is -4.60. The van der Waals surface area contributed by atoms with Crippen LogP contribution in [-0.4, -0.2) is 52.9 Å². The number of pyridine rings is 1. The third-order valence-electron chi connectivity index (χ3n) is 7.39. The molecule has 1 fully saturated rings. The van der Waals surface area contributed by atoms with Gasteiger partial charge in [0.25, 0.3) is 11.8 Å². The summed E-state index contributed by atoms with van der Waals surface area (Å²) in [5.41, 5.74) is -3.64. The maximum Gasteiger partial charge on any atom is 0.426 e. The summed E-state index contributed by atoms with van der Waals surface area (Å²) in [7, 11) is 0. The highest BCUT2D eigenvalue weighted by molar-refractivity contribution is 6.02. The Balaban J connectivity index is 2.05. The largest absolute Gasteiger partial charge is 0.444 e. The van der Waals surface area contributed by atoms with E-state index in [1.165, 1.54) is 43.9 Å². The third kappa shape index (κ3) is 9.96. The lowest BCUT2D eigenvalue weighted by Gasteiger charge is -2.34. The van der Waals surface area contributed by atoms with Crippen LogP contribution in [0.25, 0.3) is 0 Å². The number of rotatable bonds is 12. The second kappa shape index (κ2) is 15.7. The number of ether oxygens (including phenoxy) is 2. The lowest BCUT2D eigenvalue weighted by Crippen LogP contribution is -2.61. The van der Waals surface area contributed by atoms with Crippen LogP contribution < -0.4 is 21.1 Å². The van der Waals surface area contributed by atoms with E-state index in [0.29, 0.717) is 30.9 Å². The summed E-state index contributed by atoms with van der Waals surface area (Å²) in [5.74, 6) is -3.90. The molecule has 49 heavy (non-hydrogen) atoms. The van der Waals surface area contributed by atoms with Gasteiger partial charge in [0.1, 0.15) is 17.0 Å². The molecule has 1 saturated heterocycles. The quantitative estimate of drug-likeness (QED) is 0.121. The molecule has 10 nitrogen and oxygen atoms in total. The van der Waals surface area contributed by atoms with Crippen molar-refractivity contribution >= 4 is 29.4 Å². The highest BCUT2D eigenvalue weighted by atomic mass is 19.4. The van der Waals surface area contributed by atoms with Crippen LogP contribution >= 0.6 is 0 Å². The zero-order valence-corrected chi connectivity index (χ0v) is 27.3. The van der Waals surface area contributed by atoms with Crippen LogP contribution in [-0.2, 0) is 27.1 Å². The number of amides is 3. The number of hydrogen-bond acceptors (Lipinski definition) is 7. The zero-order chi connectivity index (χ0) is 36.6. The van der Waals surface area contributed by atoms with Crippen molar-refractivity contribution in [1.82, 2.24) is 15.8 Å². The van der Waals surface area contributed by atoms with Crippen molar-refractivity contribution in [2.24, 2.45) is 0 Å². The average molecular weight is 700 g/mol. The molecule has 16 heteroatoms.